The molecule has 0 heterocycles. The van der Waals surface area contributed by atoms with E-state index in [0.717, 1.165) is 0 Å². The van der Waals surface area contributed by atoms with Gasteiger partial charge in [0, 0.05) is 0 Å². The highest BCUT2D eigenvalue weighted by Crippen LogP contribution is 2.16. The summed E-state index contributed by atoms with van der Waals surface area (Å²) in [7, 11) is -3.97. The zero-order chi connectivity index (χ0) is 22.4. The number of rotatable bonds is 9. The number of hydrogen-bond acceptors (Lipinski definition) is 6. The molecule has 0 aliphatic carbocycles. The fourth-order valence-electron chi connectivity index (χ4n) is 2.51. The van der Waals surface area contributed by atoms with Crippen LogP contribution in [-0.2, 0) is 30.8 Å². The summed E-state index contributed by atoms with van der Waals surface area (Å²) in [5, 5.41) is 9.43. The Hall–Kier alpha value is -2.91. The van der Waals surface area contributed by atoms with Gasteiger partial charge in [-0.2, -0.15) is 4.72 Å². The van der Waals surface area contributed by atoms with Gasteiger partial charge < -0.3 is 14.6 Å². The van der Waals surface area contributed by atoms with Gasteiger partial charge >= 0.3 is 11.9 Å². The van der Waals surface area contributed by atoms with E-state index in [4.69, 9.17) is 9.47 Å². The number of aliphatic carboxylic acids is 1. The van der Waals surface area contributed by atoms with Gasteiger partial charge in [0.2, 0.25) is 10.0 Å². The first-order chi connectivity index (χ1) is 14.0. The van der Waals surface area contributed by atoms with E-state index in [2.05, 4.69) is 4.72 Å². The SMILES string of the molecule is CC(C)(C)OC(=O)COc1ccc(C[C@H](NS(=O)(=O)c2ccccc2)C(=O)O)cc1. The van der Waals surface area contributed by atoms with Gasteiger partial charge in [-0.25, -0.2) is 13.2 Å². The molecule has 0 bridgehead atoms. The Kier molecular flexibility index (Phi) is 7.58. The molecule has 2 rings (SSSR count). The monoisotopic (exact) mass is 435 g/mol. The Morgan fingerprint density at radius 3 is 2.17 bits per heavy atom. The van der Waals surface area contributed by atoms with Crippen LogP contribution in [0.1, 0.15) is 26.3 Å². The van der Waals surface area contributed by atoms with E-state index in [-0.39, 0.29) is 17.9 Å². The van der Waals surface area contributed by atoms with Gasteiger partial charge in [0.1, 0.15) is 17.4 Å². The lowest BCUT2D eigenvalue weighted by atomic mass is 10.1. The first kappa shape index (κ1) is 23.4. The summed E-state index contributed by atoms with van der Waals surface area (Å²) < 4.78 is 37.5. The Bertz CT molecular complexity index is 965. The van der Waals surface area contributed by atoms with Crippen LogP contribution in [0.5, 0.6) is 5.75 Å². The second-order valence-electron chi connectivity index (χ2n) is 7.55. The zero-order valence-electron chi connectivity index (χ0n) is 17.0. The van der Waals surface area contributed by atoms with Crippen LogP contribution in [0.25, 0.3) is 0 Å². The molecular weight excluding hydrogens is 410 g/mol. The molecule has 1 atom stereocenters. The summed E-state index contributed by atoms with van der Waals surface area (Å²) in [6, 6.07) is 12.6. The zero-order valence-corrected chi connectivity index (χ0v) is 17.8. The number of benzene rings is 2. The molecule has 0 amide bonds. The number of carbonyl (C=O) groups is 2. The molecule has 0 saturated carbocycles. The van der Waals surface area contributed by atoms with Gasteiger partial charge in [0.25, 0.3) is 0 Å². The van der Waals surface area contributed by atoms with Crippen LogP contribution in [-0.4, -0.2) is 43.7 Å². The molecule has 0 aliphatic rings. The quantitative estimate of drug-likeness (QED) is 0.581. The van der Waals surface area contributed by atoms with Crippen LogP contribution < -0.4 is 9.46 Å². The number of sulfonamides is 1. The Balaban J connectivity index is 1.99. The molecule has 162 valence electrons. The summed E-state index contributed by atoms with van der Waals surface area (Å²) in [4.78, 5) is 23.2. The van der Waals surface area contributed by atoms with E-state index < -0.39 is 33.6 Å². The second kappa shape index (κ2) is 9.73. The predicted octanol–water partition coefficient (Wildman–Crippen LogP) is 2.38. The number of carbonyl (C=O) groups excluding carboxylic acids is 1. The highest BCUT2D eigenvalue weighted by Gasteiger charge is 2.25. The topological polar surface area (TPSA) is 119 Å². The lowest BCUT2D eigenvalue weighted by Gasteiger charge is -2.19. The normalized spacial score (nSPS) is 12.8. The Labute approximate surface area is 175 Å². The molecule has 0 saturated heterocycles. The second-order valence-corrected chi connectivity index (χ2v) is 9.26. The maximum absolute atomic E-state index is 12.4. The van der Waals surface area contributed by atoms with Crippen molar-refractivity contribution >= 4 is 22.0 Å². The molecule has 2 N–H and O–H groups in total. The molecular formula is C21H25NO7S. The van der Waals surface area contributed by atoms with Gasteiger partial charge in [-0.15, -0.1) is 0 Å². The van der Waals surface area contributed by atoms with Crippen molar-refractivity contribution in [3.63, 3.8) is 0 Å². The maximum atomic E-state index is 12.4. The van der Waals surface area contributed by atoms with E-state index >= 15 is 0 Å². The summed E-state index contributed by atoms with van der Waals surface area (Å²) in [6.07, 6.45) is -0.0618. The third-order valence-corrected chi connectivity index (χ3v) is 5.28. The summed E-state index contributed by atoms with van der Waals surface area (Å²) in [5.41, 5.74) is -0.0220. The summed E-state index contributed by atoms with van der Waals surface area (Å²) >= 11 is 0. The van der Waals surface area contributed by atoms with Crippen molar-refractivity contribution in [1.82, 2.24) is 4.72 Å². The number of carboxylic acid groups (broad SMARTS) is 1. The highest BCUT2D eigenvalue weighted by atomic mass is 32.2. The van der Waals surface area contributed by atoms with Gasteiger partial charge in [0.05, 0.1) is 4.90 Å². The van der Waals surface area contributed by atoms with E-state index in [1.54, 1.807) is 63.2 Å². The van der Waals surface area contributed by atoms with Crippen molar-refractivity contribution in [3.05, 3.63) is 60.2 Å². The van der Waals surface area contributed by atoms with Crippen molar-refractivity contribution in [2.24, 2.45) is 0 Å². The highest BCUT2D eigenvalue weighted by molar-refractivity contribution is 7.89. The maximum Gasteiger partial charge on any atom is 0.344 e. The summed E-state index contributed by atoms with van der Waals surface area (Å²) in [5.74, 6) is -1.39. The van der Waals surface area contributed by atoms with Crippen LogP contribution in [0, 0.1) is 0 Å². The van der Waals surface area contributed by atoms with Crippen LogP contribution in [0.3, 0.4) is 0 Å². The molecule has 9 heteroatoms. The minimum Gasteiger partial charge on any atom is -0.482 e. The van der Waals surface area contributed by atoms with Crippen LogP contribution in [0.2, 0.25) is 0 Å². The van der Waals surface area contributed by atoms with Crippen molar-refractivity contribution in [1.29, 1.82) is 0 Å². The molecule has 30 heavy (non-hydrogen) atoms. The molecule has 2 aromatic carbocycles. The van der Waals surface area contributed by atoms with Crippen molar-refractivity contribution in [2.45, 2.75) is 43.7 Å². The molecule has 0 spiro atoms. The standard InChI is InChI=1S/C21H25NO7S/c1-21(2,3)29-19(23)14-28-16-11-9-15(10-12-16)13-18(20(24)25)22-30(26,27)17-7-5-4-6-8-17/h4-12,18,22H,13-14H2,1-3H3,(H,24,25)/t18-/m0/s1. The van der Waals surface area contributed by atoms with Gasteiger partial charge in [-0.1, -0.05) is 30.3 Å². The lowest BCUT2D eigenvalue weighted by Crippen LogP contribution is -2.42. The molecule has 2 aromatic rings. The minimum absolute atomic E-state index is 0.0119. The van der Waals surface area contributed by atoms with Gasteiger partial charge in [-0.05, 0) is 57.0 Å². The van der Waals surface area contributed by atoms with Crippen molar-refractivity contribution in [3.8, 4) is 5.75 Å². The molecule has 8 nitrogen and oxygen atoms in total. The molecule has 0 aliphatic heterocycles. The average Bonchev–Trinajstić information content (AvgIpc) is 2.66. The van der Waals surface area contributed by atoms with Crippen LogP contribution >= 0.6 is 0 Å². The molecule has 0 radical (unpaired) electrons. The minimum atomic E-state index is -3.97. The lowest BCUT2D eigenvalue weighted by molar-refractivity contribution is -0.157. The molecule has 0 aromatic heterocycles. The van der Waals surface area contributed by atoms with Gasteiger partial charge in [0.15, 0.2) is 6.61 Å². The fourth-order valence-corrected chi connectivity index (χ4v) is 3.72. The number of nitrogens with one attached hydrogen (secondary N) is 1. The van der Waals surface area contributed by atoms with E-state index in [0.29, 0.717) is 11.3 Å². The number of carboxylic acids is 1. The third-order valence-electron chi connectivity index (χ3n) is 3.79. The molecule has 0 fully saturated rings. The smallest absolute Gasteiger partial charge is 0.344 e. The third kappa shape index (κ3) is 7.49. The van der Waals surface area contributed by atoms with Crippen molar-refractivity contribution in [2.75, 3.05) is 6.61 Å². The first-order valence-corrected chi connectivity index (χ1v) is 10.7. The fraction of sp³-hybridized carbons (Fsp3) is 0.333. The largest absolute Gasteiger partial charge is 0.482 e. The van der Waals surface area contributed by atoms with Crippen molar-refractivity contribution < 1.29 is 32.6 Å². The van der Waals surface area contributed by atoms with Crippen LogP contribution in [0.15, 0.2) is 59.5 Å². The van der Waals surface area contributed by atoms with Gasteiger partial charge in [-0.3, -0.25) is 4.79 Å². The number of esters is 1. The van der Waals surface area contributed by atoms with E-state index in [1.165, 1.54) is 12.1 Å². The summed E-state index contributed by atoms with van der Waals surface area (Å²) in [6.45, 7) is 5.00. The average molecular weight is 435 g/mol. The Morgan fingerprint density at radius 1 is 1.03 bits per heavy atom. The Morgan fingerprint density at radius 2 is 1.63 bits per heavy atom. The molecule has 0 unspecified atom stereocenters. The van der Waals surface area contributed by atoms with Crippen LogP contribution in [0.4, 0.5) is 0 Å². The predicted molar refractivity (Wildman–Crippen MR) is 110 cm³/mol. The van der Waals surface area contributed by atoms with E-state index in [1.807, 2.05) is 0 Å². The number of ether oxygens (including phenoxy) is 2. The number of hydrogen-bond donors (Lipinski definition) is 2. The van der Waals surface area contributed by atoms with E-state index in [9.17, 15) is 23.1 Å². The first-order valence-electron chi connectivity index (χ1n) is 9.20.